The van der Waals surface area contributed by atoms with E-state index in [1.54, 1.807) is 20.0 Å². The third kappa shape index (κ3) is 5.92. The van der Waals surface area contributed by atoms with E-state index in [1.165, 1.54) is 32.1 Å². The molecule has 0 aromatic carbocycles. The maximum atomic E-state index is 13.7. The molecule has 1 aliphatic carbocycles. The molecule has 206 valence electrons. The third-order valence-electron chi connectivity index (χ3n) is 7.92. The molecule has 1 saturated carbocycles. The predicted molar refractivity (Wildman–Crippen MR) is 149 cm³/mol. The summed E-state index contributed by atoms with van der Waals surface area (Å²) in [5.41, 5.74) is 2.15. The molecular weight excluding hydrogens is 480 g/mol. The average molecular weight is 523 g/mol. The van der Waals surface area contributed by atoms with E-state index in [9.17, 15) is 14.7 Å². The standard InChI is InChI=1S/C29H42N6O3/c1-18(2)25-26(30-15-21-10-8-7-9-11-21)31-16-22(33-25)27(36)35-13-12-34(17-29(35,5)6)23-14-19(3)24(28(37)38)20(4)32-23/h14,16,18,21H,7-13,15,17H2,1-6H3,(H,30,31)(H,37,38). The van der Waals surface area contributed by atoms with Crippen molar-refractivity contribution in [1.82, 2.24) is 19.9 Å². The number of aromatic nitrogens is 3. The van der Waals surface area contributed by atoms with Gasteiger partial charge in [0.1, 0.15) is 17.3 Å². The topological polar surface area (TPSA) is 112 Å². The van der Waals surface area contributed by atoms with Crippen molar-refractivity contribution in [3.63, 3.8) is 0 Å². The number of aryl methyl sites for hydroxylation is 2. The summed E-state index contributed by atoms with van der Waals surface area (Å²) >= 11 is 0. The Morgan fingerprint density at radius 3 is 2.45 bits per heavy atom. The van der Waals surface area contributed by atoms with Crippen LogP contribution in [0.15, 0.2) is 12.3 Å². The summed E-state index contributed by atoms with van der Waals surface area (Å²) in [5, 5.41) is 13.0. The van der Waals surface area contributed by atoms with Crippen LogP contribution in [0, 0.1) is 19.8 Å². The van der Waals surface area contributed by atoms with Gasteiger partial charge < -0.3 is 20.2 Å². The first-order valence-corrected chi connectivity index (χ1v) is 13.9. The van der Waals surface area contributed by atoms with E-state index in [-0.39, 0.29) is 17.4 Å². The van der Waals surface area contributed by atoms with E-state index in [2.05, 4.69) is 34.0 Å². The van der Waals surface area contributed by atoms with Crippen LogP contribution in [0.3, 0.4) is 0 Å². The van der Waals surface area contributed by atoms with Crippen LogP contribution in [0.4, 0.5) is 11.6 Å². The van der Waals surface area contributed by atoms with Gasteiger partial charge >= 0.3 is 5.97 Å². The molecule has 0 radical (unpaired) electrons. The number of hydrogen-bond donors (Lipinski definition) is 2. The third-order valence-corrected chi connectivity index (χ3v) is 7.92. The maximum absolute atomic E-state index is 13.7. The van der Waals surface area contributed by atoms with Crippen molar-refractivity contribution in [2.24, 2.45) is 5.92 Å². The number of piperazine rings is 1. The highest BCUT2D eigenvalue weighted by Gasteiger charge is 2.38. The lowest BCUT2D eigenvalue weighted by molar-refractivity contribution is 0.0506. The molecule has 2 N–H and O–H groups in total. The molecule has 1 amide bonds. The molecule has 0 atom stereocenters. The number of rotatable bonds is 7. The minimum absolute atomic E-state index is 0.121. The minimum Gasteiger partial charge on any atom is -0.478 e. The Balaban J connectivity index is 1.49. The van der Waals surface area contributed by atoms with Crippen LogP contribution >= 0.6 is 0 Å². The molecule has 38 heavy (non-hydrogen) atoms. The van der Waals surface area contributed by atoms with Crippen molar-refractivity contribution >= 4 is 23.5 Å². The van der Waals surface area contributed by atoms with Gasteiger partial charge in [-0.3, -0.25) is 4.79 Å². The largest absolute Gasteiger partial charge is 0.478 e. The van der Waals surface area contributed by atoms with Gasteiger partial charge in [-0.15, -0.1) is 0 Å². The van der Waals surface area contributed by atoms with E-state index < -0.39 is 11.5 Å². The molecule has 0 bridgehead atoms. The first-order valence-electron chi connectivity index (χ1n) is 13.9. The average Bonchev–Trinajstić information content (AvgIpc) is 2.86. The number of amides is 1. The van der Waals surface area contributed by atoms with Crippen molar-refractivity contribution in [2.45, 2.75) is 85.1 Å². The molecule has 0 spiro atoms. The number of pyridine rings is 1. The Bertz CT molecular complexity index is 1170. The molecule has 2 aliphatic rings. The summed E-state index contributed by atoms with van der Waals surface area (Å²) in [7, 11) is 0. The Labute approximate surface area is 226 Å². The number of carboxylic acid groups (broad SMARTS) is 1. The van der Waals surface area contributed by atoms with Gasteiger partial charge in [0, 0.05) is 26.2 Å². The Kier molecular flexibility index (Phi) is 8.23. The molecule has 1 saturated heterocycles. The summed E-state index contributed by atoms with van der Waals surface area (Å²) in [6.45, 7) is 14.3. The number of carbonyl (C=O) groups excluding carboxylic acids is 1. The highest BCUT2D eigenvalue weighted by Crippen LogP contribution is 2.29. The highest BCUT2D eigenvalue weighted by molar-refractivity contribution is 5.93. The lowest BCUT2D eigenvalue weighted by Crippen LogP contribution is -2.61. The molecule has 9 heteroatoms. The highest BCUT2D eigenvalue weighted by atomic mass is 16.4. The van der Waals surface area contributed by atoms with Gasteiger partial charge in [-0.05, 0) is 64.0 Å². The SMILES string of the molecule is Cc1cc(N2CCN(C(=O)c3cnc(NCC4CCCCC4)c(C(C)C)n3)C(C)(C)C2)nc(C)c1C(=O)O. The van der Waals surface area contributed by atoms with Crippen LogP contribution in [0.2, 0.25) is 0 Å². The number of nitrogens with zero attached hydrogens (tertiary/aromatic N) is 5. The molecule has 4 rings (SSSR count). The number of nitrogens with one attached hydrogen (secondary N) is 1. The van der Waals surface area contributed by atoms with E-state index in [0.717, 1.165) is 23.9 Å². The summed E-state index contributed by atoms with van der Waals surface area (Å²) in [6.07, 6.45) is 8.06. The number of carboxylic acids is 1. The van der Waals surface area contributed by atoms with Gasteiger partial charge in [0.2, 0.25) is 0 Å². The fourth-order valence-corrected chi connectivity index (χ4v) is 5.84. The van der Waals surface area contributed by atoms with Gasteiger partial charge in [0.15, 0.2) is 0 Å². The van der Waals surface area contributed by atoms with Crippen molar-refractivity contribution < 1.29 is 14.7 Å². The fourth-order valence-electron chi connectivity index (χ4n) is 5.84. The number of aromatic carboxylic acids is 1. The quantitative estimate of drug-likeness (QED) is 0.520. The van der Waals surface area contributed by atoms with E-state index in [1.807, 2.05) is 24.8 Å². The van der Waals surface area contributed by atoms with E-state index in [4.69, 9.17) is 4.98 Å². The normalized spacial score (nSPS) is 18.1. The van der Waals surface area contributed by atoms with Crippen LogP contribution in [-0.2, 0) is 0 Å². The number of hydrogen-bond acceptors (Lipinski definition) is 7. The zero-order valence-corrected chi connectivity index (χ0v) is 23.7. The lowest BCUT2D eigenvalue weighted by atomic mass is 9.89. The summed E-state index contributed by atoms with van der Waals surface area (Å²) in [6, 6.07) is 1.82. The summed E-state index contributed by atoms with van der Waals surface area (Å²) in [5.74, 6) is 1.25. The molecule has 2 aromatic rings. The zero-order chi connectivity index (χ0) is 27.6. The monoisotopic (exact) mass is 522 g/mol. The van der Waals surface area contributed by atoms with Gasteiger partial charge in [0.05, 0.1) is 28.7 Å². The molecule has 1 aliphatic heterocycles. The summed E-state index contributed by atoms with van der Waals surface area (Å²) < 4.78 is 0. The van der Waals surface area contributed by atoms with Crippen LogP contribution in [-0.4, -0.2) is 68.6 Å². The van der Waals surface area contributed by atoms with Crippen molar-refractivity contribution in [2.75, 3.05) is 36.4 Å². The van der Waals surface area contributed by atoms with Crippen LogP contribution in [0.5, 0.6) is 0 Å². The van der Waals surface area contributed by atoms with Gasteiger partial charge in [-0.2, -0.15) is 0 Å². The van der Waals surface area contributed by atoms with Gasteiger partial charge in [-0.25, -0.2) is 19.7 Å². The van der Waals surface area contributed by atoms with Crippen LogP contribution < -0.4 is 10.2 Å². The molecule has 0 unspecified atom stereocenters. The molecule has 2 aromatic heterocycles. The van der Waals surface area contributed by atoms with Gasteiger partial charge in [-0.1, -0.05) is 33.1 Å². The lowest BCUT2D eigenvalue weighted by Gasteiger charge is -2.47. The van der Waals surface area contributed by atoms with Crippen LogP contribution in [0.1, 0.15) is 104 Å². The first kappa shape index (κ1) is 27.8. The number of anilines is 2. The minimum atomic E-state index is -0.966. The molecular formula is C29H42N6O3. The summed E-state index contributed by atoms with van der Waals surface area (Å²) in [4.78, 5) is 43.3. The second-order valence-electron chi connectivity index (χ2n) is 11.8. The fraction of sp³-hybridized carbons (Fsp3) is 0.621. The second kappa shape index (κ2) is 11.3. The zero-order valence-electron chi connectivity index (χ0n) is 23.7. The predicted octanol–water partition coefficient (Wildman–Crippen LogP) is 5.04. The Hall–Kier alpha value is -3.23. The van der Waals surface area contributed by atoms with Gasteiger partial charge in [0.25, 0.3) is 5.91 Å². The van der Waals surface area contributed by atoms with Crippen molar-refractivity contribution in [1.29, 1.82) is 0 Å². The van der Waals surface area contributed by atoms with Crippen LogP contribution in [0.25, 0.3) is 0 Å². The molecule has 9 nitrogen and oxygen atoms in total. The van der Waals surface area contributed by atoms with E-state index >= 15 is 0 Å². The number of carbonyl (C=O) groups is 2. The van der Waals surface area contributed by atoms with E-state index in [0.29, 0.717) is 42.5 Å². The second-order valence-corrected chi connectivity index (χ2v) is 11.8. The first-order chi connectivity index (χ1) is 18.0. The maximum Gasteiger partial charge on any atom is 0.337 e. The Morgan fingerprint density at radius 2 is 1.84 bits per heavy atom. The Morgan fingerprint density at radius 1 is 1.13 bits per heavy atom. The molecule has 3 heterocycles. The van der Waals surface area contributed by atoms with Crippen molar-refractivity contribution in [3.05, 3.63) is 40.5 Å². The molecule has 2 fully saturated rings. The van der Waals surface area contributed by atoms with Crippen molar-refractivity contribution in [3.8, 4) is 0 Å². The smallest absolute Gasteiger partial charge is 0.337 e.